The Kier molecular flexibility index (Phi) is 4.63. The first-order valence-corrected chi connectivity index (χ1v) is 10.1. The van der Waals surface area contributed by atoms with Crippen molar-refractivity contribution in [1.29, 1.82) is 0 Å². The zero-order valence-electron chi connectivity index (χ0n) is 11.2. The zero-order valence-corrected chi connectivity index (χ0v) is 13.6. The van der Waals surface area contributed by atoms with Crippen LogP contribution in [0.1, 0.15) is 12.8 Å². The summed E-state index contributed by atoms with van der Waals surface area (Å²) in [4.78, 5) is -0.945. The van der Waals surface area contributed by atoms with Crippen molar-refractivity contribution >= 4 is 31.5 Å². The molecule has 118 valence electrons. The lowest BCUT2D eigenvalue weighted by molar-refractivity contribution is 0.552. The van der Waals surface area contributed by atoms with Gasteiger partial charge in [0.15, 0.2) is 9.84 Å². The van der Waals surface area contributed by atoms with Crippen LogP contribution in [0.15, 0.2) is 28.0 Å². The van der Waals surface area contributed by atoms with Crippen molar-refractivity contribution in [3.8, 4) is 0 Å². The van der Waals surface area contributed by atoms with Crippen molar-refractivity contribution in [2.75, 3.05) is 12.8 Å². The molecule has 1 aromatic rings. The predicted molar refractivity (Wildman–Crippen MR) is 77.1 cm³/mol. The molecule has 1 aliphatic rings. The molecule has 1 aliphatic carbocycles. The highest BCUT2D eigenvalue weighted by Crippen LogP contribution is 2.35. The van der Waals surface area contributed by atoms with Gasteiger partial charge in [-0.1, -0.05) is 0 Å². The van der Waals surface area contributed by atoms with Gasteiger partial charge in [0.2, 0.25) is 10.0 Å². The molecule has 0 amide bonds. The van der Waals surface area contributed by atoms with E-state index in [0.29, 0.717) is 0 Å². The van der Waals surface area contributed by atoms with Crippen molar-refractivity contribution in [2.45, 2.75) is 28.0 Å². The topological polar surface area (TPSA) is 80.3 Å². The predicted octanol–water partition coefficient (Wildman–Crippen LogP) is 1.52. The van der Waals surface area contributed by atoms with E-state index in [1.807, 2.05) is 0 Å². The molecule has 1 aromatic carbocycles. The molecule has 1 unspecified atom stereocenters. The fourth-order valence-corrected chi connectivity index (χ4v) is 4.12. The summed E-state index contributed by atoms with van der Waals surface area (Å²) in [6.07, 6.45) is 2.83. The van der Waals surface area contributed by atoms with Crippen LogP contribution in [0.4, 0.5) is 4.39 Å². The summed E-state index contributed by atoms with van der Waals surface area (Å²) in [6, 6.07) is 2.66. The number of halogens is 2. The van der Waals surface area contributed by atoms with E-state index in [4.69, 9.17) is 11.6 Å². The minimum absolute atomic E-state index is 0.0168. The standard InChI is InChI=1S/C12H15ClFNO4S2/c1-20(16,17)9-4-5-11(14)12(6-9)21(18,19)15-7-10(13)8-2-3-8/h4-6,8,10,15H,2-3,7H2,1H3. The maximum Gasteiger partial charge on any atom is 0.243 e. The molecule has 21 heavy (non-hydrogen) atoms. The Morgan fingerprint density at radius 3 is 2.48 bits per heavy atom. The van der Waals surface area contributed by atoms with Gasteiger partial charge in [0, 0.05) is 18.2 Å². The van der Waals surface area contributed by atoms with Gasteiger partial charge in [-0.2, -0.15) is 0 Å². The Balaban J connectivity index is 2.26. The lowest BCUT2D eigenvalue weighted by atomic mass is 10.3. The Bertz CT molecular complexity index is 745. The van der Waals surface area contributed by atoms with E-state index in [-0.39, 0.29) is 22.7 Å². The third-order valence-corrected chi connectivity index (χ3v) is 6.28. The average Bonchev–Trinajstić information content (AvgIpc) is 3.19. The summed E-state index contributed by atoms with van der Waals surface area (Å²) in [7, 11) is -7.77. The first-order valence-electron chi connectivity index (χ1n) is 6.24. The van der Waals surface area contributed by atoms with Gasteiger partial charge < -0.3 is 0 Å². The summed E-state index contributed by atoms with van der Waals surface area (Å²) >= 11 is 6.00. The average molecular weight is 356 g/mol. The summed E-state index contributed by atoms with van der Waals surface area (Å²) in [6.45, 7) is -0.0168. The molecule has 1 N–H and O–H groups in total. The normalized spacial score (nSPS) is 17.7. The van der Waals surface area contributed by atoms with Crippen LogP contribution in [0.5, 0.6) is 0 Å². The Morgan fingerprint density at radius 1 is 1.33 bits per heavy atom. The molecule has 1 atom stereocenters. The number of hydrogen-bond acceptors (Lipinski definition) is 4. The number of sulfonamides is 1. The minimum Gasteiger partial charge on any atom is -0.224 e. The van der Waals surface area contributed by atoms with Crippen LogP contribution in [-0.2, 0) is 19.9 Å². The number of rotatable bonds is 6. The van der Waals surface area contributed by atoms with Crippen LogP contribution >= 0.6 is 11.6 Å². The van der Waals surface area contributed by atoms with E-state index < -0.39 is 30.6 Å². The Labute approximate surface area is 128 Å². The maximum absolute atomic E-state index is 13.7. The molecular formula is C12H15ClFNO4S2. The highest BCUT2D eigenvalue weighted by atomic mass is 35.5. The molecule has 0 radical (unpaired) electrons. The summed E-state index contributed by atoms with van der Waals surface area (Å²) in [5, 5.41) is -0.346. The van der Waals surface area contributed by atoms with Crippen LogP contribution in [-0.4, -0.2) is 35.0 Å². The van der Waals surface area contributed by atoms with Gasteiger partial charge >= 0.3 is 0 Å². The third-order valence-electron chi connectivity index (χ3n) is 3.22. The zero-order chi connectivity index (χ0) is 15.8. The fourth-order valence-electron chi connectivity index (χ4n) is 1.81. The SMILES string of the molecule is CS(=O)(=O)c1ccc(F)c(S(=O)(=O)NCC(Cl)C2CC2)c1. The summed E-state index contributed by atoms with van der Waals surface area (Å²) < 4.78 is 62.9. The Morgan fingerprint density at radius 2 is 1.95 bits per heavy atom. The molecule has 2 rings (SSSR count). The van der Waals surface area contributed by atoms with Crippen LogP contribution < -0.4 is 4.72 Å². The molecule has 0 heterocycles. The first-order chi connectivity index (χ1) is 9.61. The molecular weight excluding hydrogens is 341 g/mol. The smallest absolute Gasteiger partial charge is 0.224 e. The van der Waals surface area contributed by atoms with Crippen LogP contribution in [0.25, 0.3) is 0 Å². The monoisotopic (exact) mass is 355 g/mol. The molecule has 0 saturated heterocycles. The molecule has 0 spiro atoms. The first kappa shape index (κ1) is 16.7. The van der Waals surface area contributed by atoms with Gasteiger partial charge in [0.1, 0.15) is 10.7 Å². The molecule has 0 aromatic heterocycles. The van der Waals surface area contributed by atoms with Crippen LogP contribution in [0.3, 0.4) is 0 Å². The van der Waals surface area contributed by atoms with E-state index >= 15 is 0 Å². The van der Waals surface area contributed by atoms with E-state index in [2.05, 4.69) is 4.72 Å². The summed E-state index contributed by atoms with van der Waals surface area (Å²) in [5.74, 6) is -0.728. The minimum atomic E-state index is -4.15. The van der Waals surface area contributed by atoms with Crippen molar-refractivity contribution in [1.82, 2.24) is 4.72 Å². The second-order valence-electron chi connectivity index (χ2n) is 5.07. The van der Waals surface area contributed by atoms with Gasteiger partial charge in [0.25, 0.3) is 0 Å². The van der Waals surface area contributed by atoms with E-state index in [0.717, 1.165) is 37.3 Å². The maximum atomic E-state index is 13.7. The second-order valence-corrected chi connectivity index (χ2v) is 9.38. The second kappa shape index (κ2) is 5.83. The summed E-state index contributed by atoms with van der Waals surface area (Å²) in [5.41, 5.74) is 0. The van der Waals surface area contributed by atoms with Crippen molar-refractivity contribution in [3.63, 3.8) is 0 Å². The van der Waals surface area contributed by atoms with Gasteiger partial charge in [-0.25, -0.2) is 25.9 Å². The molecule has 9 heteroatoms. The number of hydrogen-bond donors (Lipinski definition) is 1. The quantitative estimate of drug-likeness (QED) is 0.619. The van der Waals surface area contributed by atoms with E-state index in [1.54, 1.807) is 0 Å². The number of alkyl halides is 1. The molecule has 1 saturated carbocycles. The van der Waals surface area contributed by atoms with E-state index in [1.165, 1.54) is 0 Å². The van der Waals surface area contributed by atoms with Crippen molar-refractivity contribution in [3.05, 3.63) is 24.0 Å². The third kappa shape index (κ3) is 4.15. The molecule has 0 aliphatic heterocycles. The van der Waals surface area contributed by atoms with Crippen molar-refractivity contribution in [2.24, 2.45) is 5.92 Å². The number of benzene rings is 1. The Hall–Kier alpha value is -0.700. The van der Waals surface area contributed by atoms with Gasteiger partial charge in [0.05, 0.1) is 4.90 Å². The largest absolute Gasteiger partial charge is 0.243 e. The lowest BCUT2D eigenvalue weighted by Gasteiger charge is -2.11. The van der Waals surface area contributed by atoms with Gasteiger partial charge in [-0.05, 0) is 37.0 Å². The number of nitrogens with one attached hydrogen (secondary N) is 1. The molecule has 0 bridgehead atoms. The van der Waals surface area contributed by atoms with Gasteiger partial charge in [-0.3, -0.25) is 0 Å². The van der Waals surface area contributed by atoms with Crippen LogP contribution in [0, 0.1) is 11.7 Å². The van der Waals surface area contributed by atoms with Crippen LogP contribution in [0.2, 0.25) is 0 Å². The number of sulfone groups is 1. The lowest BCUT2D eigenvalue weighted by Crippen LogP contribution is -2.31. The molecule has 5 nitrogen and oxygen atoms in total. The highest BCUT2D eigenvalue weighted by Gasteiger charge is 2.31. The molecule has 1 fully saturated rings. The van der Waals surface area contributed by atoms with Crippen molar-refractivity contribution < 1.29 is 21.2 Å². The highest BCUT2D eigenvalue weighted by molar-refractivity contribution is 7.91. The van der Waals surface area contributed by atoms with E-state index in [9.17, 15) is 21.2 Å². The van der Waals surface area contributed by atoms with Gasteiger partial charge in [-0.15, -0.1) is 11.6 Å². The fraction of sp³-hybridized carbons (Fsp3) is 0.500.